The van der Waals surface area contributed by atoms with Crippen LogP contribution in [0.3, 0.4) is 0 Å². The van der Waals surface area contributed by atoms with E-state index in [0.717, 1.165) is 12.1 Å². The third-order valence-electron chi connectivity index (χ3n) is 2.34. The fourth-order valence-electron chi connectivity index (χ4n) is 1.54. The van der Waals surface area contributed by atoms with E-state index in [-0.39, 0.29) is 5.69 Å². The molecule has 0 spiro atoms. The quantitative estimate of drug-likeness (QED) is 0.634. The van der Waals surface area contributed by atoms with Gasteiger partial charge in [0.15, 0.2) is 0 Å². The van der Waals surface area contributed by atoms with Gasteiger partial charge in [0.1, 0.15) is 0 Å². The number of carbonyl (C=O) groups is 1. The minimum absolute atomic E-state index is 0.0622. The number of rotatable bonds is 3. The van der Waals surface area contributed by atoms with E-state index in [1.54, 1.807) is 12.1 Å². The first-order valence-electron chi connectivity index (χ1n) is 5.34. The summed E-state index contributed by atoms with van der Waals surface area (Å²) in [5.41, 5.74) is 1.04. The molecule has 0 heterocycles. The molecular weight excluding hydrogens is 234 g/mol. The first-order chi connectivity index (χ1) is 8.65. The number of nitro groups is 1. The molecule has 0 bridgehead atoms. The van der Waals surface area contributed by atoms with Gasteiger partial charge in [-0.2, -0.15) is 0 Å². The van der Waals surface area contributed by atoms with Crippen LogP contribution in [0.2, 0.25) is 0 Å². The molecular formula is C12H11N3O3. The molecule has 0 saturated carbocycles. The lowest BCUT2D eigenvalue weighted by molar-refractivity contribution is -0.384. The predicted octanol–water partition coefficient (Wildman–Crippen LogP) is 2.56. The first-order valence-corrected chi connectivity index (χ1v) is 5.34. The average molecular weight is 245 g/mol. The molecule has 2 N–H and O–H groups in total. The van der Waals surface area contributed by atoms with Crippen molar-refractivity contribution < 1.29 is 9.72 Å². The van der Waals surface area contributed by atoms with Gasteiger partial charge in [-0.15, -0.1) is 0 Å². The van der Waals surface area contributed by atoms with E-state index < -0.39 is 11.0 Å². The van der Waals surface area contributed by atoms with Gasteiger partial charge in [0.2, 0.25) is 0 Å². The number of allylic oxidation sites excluding steroid dienone is 3. The molecule has 6 nitrogen and oxygen atoms in total. The van der Waals surface area contributed by atoms with Gasteiger partial charge in [-0.3, -0.25) is 10.1 Å². The molecule has 1 aromatic rings. The number of nitrogens with zero attached hydrogens (tertiary/aromatic N) is 1. The minimum atomic E-state index is -0.509. The van der Waals surface area contributed by atoms with Crippen LogP contribution in [-0.2, 0) is 0 Å². The summed E-state index contributed by atoms with van der Waals surface area (Å²) in [4.78, 5) is 21.7. The second-order valence-corrected chi connectivity index (χ2v) is 3.68. The van der Waals surface area contributed by atoms with Crippen molar-refractivity contribution in [2.24, 2.45) is 0 Å². The van der Waals surface area contributed by atoms with Crippen molar-refractivity contribution in [1.29, 1.82) is 0 Å². The number of non-ortho nitro benzene ring substituents is 1. The Morgan fingerprint density at radius 1 is 1.33 bits per heavy atom. The van der Waals surface area contributed by atoms with Crippen molar-refractivity contribution >= 4 is 17.4 Å². The summed E-state index contributed by atoms with van der Waals surface area (Å²) in [6, 6.07) is 5.35. The lowest BCUT2D eigenvalue weighted by Crippen LogP contribution is -2.27. The number of carbonyl (C=O) groups excluding carboxylic acids is 1. The number of anilines is 1. The Hall–Kier alpha value is -2.63. The molecule has 0 unspecified atom stereocenters. The molecule has 1 aliphatic rings. The number of urea groups is 1. The second kappa shape index (κ2) is 5.13. The topological polar surface area (TPSA) is 84.3 Å². The largest absolute Gasteiger partial charge is 0.323 e. The SMILES string of the molecule is O=C(NC1=CCC=C1)Nc1cccc([N+](=O)[O-])c1. The molecule has 1 aromatic carbocycles. The maximum atomic E-state index is 11.6. The van der Waals surface area contributed by atoms with Crippen LogP contribution in [0, 0.1) is 10.1 Å². The molecule has 0 radical (unpaired) electrons. The third kappa shape index (κ3) is 2.94. The molecule has 1 aliphatic carbocycles. The number of nitro benzene ring substituents is 1. The van der Waals surface area contributed by atoms with Crippen LogP contribution < -0.4 is 10.6 Å². The van der Waals surface area contributed by atoms with E-state index in [1.165, 1.54) is 18.2 Å². The Kier molecular flexibility index (Phi) is 3.38. The van der Waals surface area contributed by atoms with Crippen molar-refractivity contribution in [3.63, 3.8) is 0 Å². The smallest absolute Gasteiger partial charge is 0.308 e. The van der Waals surface area contributed by atoms with Crippen LogP contribution in [0.5, 0.6) is 0 Å². The monoisotopic (exact) mass is 245 g/mol. The number of amides is 2. The summed E-state index contributed by atoms with van der Waals surface area (Å²) in [6.07, 6.45) is 6.38. The first kappa shape index (κ1) is 11.8. The van der Waals surface area contributed by atoms with Crippen LogP contribution >= 0.6 is 0 Å². The number of hydrogen-bond donors (Lipinski definition) is 2. The number of nitrogens with one attached hydrogen (secondary N) is 2. The molecule has 2 amide bonds. The van der Waals surface area contributed by atoms with Gasteiger partial charge in [0, 0.05) is 23.5 Å². The van der Waals surface area contributed by atoms with Crippen LogP contribution in [0.1, 0.15) is 6.42 Å². The fourth-order valence-corrected chi connectivity index (χ4v) is 1.54. The van der Waals surface area contributed by atoms with E-state index >= 15 is 0 Å². The predicted molar refractivity (Wildman–Crippen MR) is 67.1 cm³/mol. The molecule has 0 fully saturated rings. The lowest BCUT2D eigenvalue weighted by atomic mass is 10.3. The summed E-state index contributed by atoms with van der Waals surface area (Å²) >= 11 is 0. The standard InChI is InChI=1S/C12H11N3O3/c16-12(13-9-4-1-2-5-9)14-10-6-3-7-11(8-10)15(17)18/h1,3-8H,2H2,(H2,13,14,16). The van der Waals surface area contributed by atoms with Gasteiger partial charge >= 0.3 is 6.03 Å². The highest BCUT2D eigenvalue weighted by molar-refractivity contribution is 5.91. The van der Waals surface area contributed by atoms with E-state index in [2.05, 4.69) is 10.6 Å². The number of hydrogen-bond acceptors (Lipinski definition) is 3. The Bertz CT molecular complexity index is 549. The van der Waals surface area contributed by atoms with Crippen molar-refractivity contribution in [2.75, 3.05) is 5.32 Å². The Morgan fingerprint density at radius 3 is 2.83 bits per heavy atom. The Labute approximate surface area is 103 Å². The maximum absolute atomic E-state index is 11.6. The fraction of sp³-hybridized carbons (Fsp3) is 0.0833. The normalized spacial score (nSPS) is 13.0. The van der Waals surface area contributed by atoms with Crippen LogP contribution in [0.15, 0.2) is 48.2 Å². The Balaban J connectivity index is 2.00. The zero-order chi connectivity index (χ0) is 13.0. The molecule has 0 atom stereocenters. The van der Waals surface area contributed by atoms with Gasteiger partial charge in [-0.05, 0) is 18.6 Å². The van der Waals surface area contributed by atoms with Gasteiger partial charge in [-0.1, -0.05) is 18.2 Å². The highest BCUT2D eigenvalue weighted by Crippen LogP contribution is 2.17. The zero-order valence-corrected chi connectivity index (χ0v) is 9.42. The average Bonchev–Trinajstić information content (AvgIpc) is 2.82. The summed E-state index contributed by atoms with van der Waals surface area (Å²) in [6.45, 7) is 0. The van der Waals surface area contributed by atoms with E-state index in [9.17, 15) is 14.9 Å². The summed E-state index contributed by atoms with van der Waals surface area (Å²) in [5.74, 6) is 0. The molecule has 92 valence electrons. The van der Waals surface area contributed by atoms with Gasteiger partial charge in [-0.25, -0.2) is 4.79 Å². The highest BCUT2D eigenvalue weighted by atomic mass is 16.6. The van der Waals surface area contributed by atoms with Crippen molar-refractivity contribution in [3.05, 3.63) is 58.3 Å². The molecule has 0 saturated heterocycles. The van der Waals surface area contributed by atoms with Crippen molar-refractivity contribution in [3.8, 4) is 0 Å². The summed E-state index contributed by atoms with van der Waals surface area (Å²) < 4.78 is 0. The Morgan fingerprint density at radius 2 is 2.17 bits per heavy atom. The minimum Gasteiger partial charge on any atom is -0.308 e. The van der Waals surface area contributed by atoms with E-state index in [4.69, 9.17) is 0 Å². The third-order valence-corrected chi connectivity index (χ3v) is 2.34. The summed E-state index contributed by atoms with van der Waals surface area (Å²) in [7, 11) is 0. The number of benzene rings is 1. The zero-order valence-electron chi connectivity index (χ0n) is 9.42. The molecule has 6 heteroatoms. The van der Waals surface area contributed by atoms with Crippen molar-refractivity contribution in [1.82, 2.24) is 5.32 Å². The van der Waals surface area contributed by atoms with E-state index in [1.807, 2.05) is 12.2 Å². The summed E-state index contributed by atoms with van der Waals surface area (Å²) in [5, 5.41) is 15.7. The molecule has 0 aliphatic heterocycles. The van der Waals surface area contributed by atoms with E-state index in [0.29, 0.717) is 5.69 Å². The van der Waals surface area contributed by atoms with Crippen molar-refractivity contribution in [2.45, 2.75) is 6.42 Å². The van der Waals surface area contributed by atoms with Gasteiger partial charge in [0.25, 0.3) is 5.69 Å². The highest BCUT2D eigenvalue weighted by Gasteiger charge is 2.08. The molecule has 2 rings (SSSR count). The van der Waals surface area contributed by atoms with Gasteiger partial charge < -0.3 is 10.6 Å². The second-order valence-electron chi connectivity index (χ2n) is 3.68. The maximum Gasteiger partial charge on any atom is 0.323 e. The van der Waals surface area contributed by atoms with Crippen LogP contribution in [0.4, 0.5) is 16.2 Å². The molecule has 18 heavy (non-hydrogen) atoms. The molecule has 0 aromatic heterocycles. The van der Waals surface area contributed by atoms with Crippen LogP contribution in [0.25, 0.3) is 0 Å². The van der Waals surface area contributed by atoms with Gasteiger partial charge in [0.05, 0.1) is 4.92 Å². The van der Waals surface area contributed by atoms with Crippen LogP contribution in [-0.4, -0.2) is 11.0 Å². The lowest BCUT2D eigenvalue weighted by Gasteiger charge is -2.06.